The van der Waals surface area contributed by atoms with Gasteiger partial charge in [-0.25, -0.2) is 0 Å². The molecule has 86 valence electrons. The van der Waals surface area contributed by atoms with Gasteiger partial charge in [-0.05, 0) is 30.1 Å². The summed E-state index contributed by atoms with van der Waals surface area (Å²) in [6, 6.07) is 0. The molecule has 0 fully saturated rings. The monoisotopic (exact) mass is 198 g/mol. The van der Waals surface area contributed by atoms with Gasteiger partial charge in [-0.2, -0.15) is 0 Å². The summed E-state index contributed by atoms with van der Waals surface area (Å²) in [6.45, 7) is 14.3. The zero-order valence-corrected chi connectivity index (χ0v) is 11.2. The summed E-state index contributed by atoms with van der Waals surface area (Å²) in [4.78, 5) is 0. The van der Waals surface area contributed by atoms with Crippen LogP contribution in [0.5, 0.6) is 0 Å². The molecule has 14 heavy (non-hydrogen) atoms. The highest BCUT2D eigenvalue weighted by molar-refractivity contribution is 4.82. The van der Waals surface area contributed by atoms with Crippen molar-refractivity contribution >= 4 is 0 Å². The van der Waals surface area contributed by atoms with E-state index in [1.165, 1.54) is 32.1 Å². The zero-order chi connectivity index (χ0) is 11.2. The first kappa shape index (κ1) is 14.0. The molecule has 0 aromatic rings. The van der Waals surface area contributed by atoms with Gasteiger partial charge in [-0.3, -0.25) is 0 Å². The molecular weight excluding hydrogens is 168 g/mol. The Bertz CT molecular complexity index is 137. The van der Waals surface area contributed by atoms with Crippen molar-refractivity contribution in [3.63, 3.8) is 0 Å². The molecule has 2 unspecified atom stereocenters. The van der Waals surface area contributed by atoms with Crippen LogP contribution in [0.2, 0.25) is 0 Å². The van der Waals surface area contributed by atoms with Gasteiger partial charge >= 0.3 is 0 Å². The minimum absolute atomic E-state index is 0.582. The van der Waals surface area contributed by atoms with Gasteiger partial charge in [0, 0.05) is 0 Å². The molecule has 0 amide bonds. The molecule has 0 saturated carbocycles. The lowest BCUT2D eigenvalue weighted by atomic mass is 9.66. The number of rotatable bonds is 7. The van der Waals surface area contributed by atoms with Gasteiger partial charge in [0.2, 0.25) is 0 Å². The van der Waals surface area contributed by atoms with E-state index in [9.17, 15) is 0 Å². The molecule has 0 spiro atoms. The molecule has 0 aliphatic carbocycles. The molecule has 2 atom stereocenters. The van der Waals surface area contributed by atoms with Crippen LogP contribution in [-0.2, 0) is 0 Å². The van der Waals surface area contributed by atoms with Gasteiger partial charge in [0.05, 0.1) is 0 Å². The van der Waals surface area contributed by atoms with Crippen molar-refractivity contribution in [2.45, 2.75) is 73.6 Å². The zero-order valence-electron chi connectivity index (χ0n) is 11.2. The van der Waals surface area contributed by atoms with Crippen LogP contribution in [0, 0.1) is 17.3 Å². The quantitative estimate of drug-likeness (QED) is 0.522. The molecule has 0 saturated heterocycles. The van der Waals surface area contributed by atoms with Crippen LogP contribution in [0.3, 0.4) is 0 Å². The van der Waals surface area contributed by atoms with Crippen LogP contribution in [0.1, 0.15) is 73.6 Å². The van der Waals surface area contributed by atoms with Crippen molar-refractivity contribution in [3.8, 4) is 0 Å². The Kier molecular flexibility index (Phi) is 6.48. The van der Waals surface area contributed by atoms with Crippen molar-refractivity contribution in [3.05, 3.63) is 0 Å². The Hall–Kier alpha value is 0. The van der Waals surface area contributed by atoms with Gasteiger partial charge in [0.15, 0.2) is 0 Å². The minimum atomic E-state index is 0.582. The molecule has 0 nitrogen and oxygen atoms in total. The lowest BCUT2D eigenvalue weighted by Gasteiger charge is -2.40. The molecule has 0 heteroatoms. The summed E-state index contributed by atoms with van der Waals surface area (Å²) in [7, 11) is 0. The van der Waals surface area contributed by atoms with Crippen molar-refractivity contribution in [1.82, 2.24) is 0 Å². The van der Waals surface area contributed by atoms with Gasteiger partial charge < -0.3 is 0 Å². The van der Waals surface area contributed by atoms with E-state index in [4.69, 9.17) is 0 Å². The normalized spacial score (nSPS) is 18.2. The van der Waals surface area contributed by atoms with Crippen LogP contribution < -0.4 is 0 Å². The summed E-state index contributed by atoms with van der Waals surface area (Å²) in [5.41, 5.74) is 0.582. The number of hydrogen-bond acceptors (Lipinski definition) is 0. The van der Waals surface area contributed by atoms with E-state index in [0.717, 1.165) is 11.8 Å². The lowest BCUT2D eigenvalue weighted by Crippen LogP contribution is -2.30. The predicted octanol–water partition coefficient (Wildman–Crippen LogP) is 5.28. The maximum absolute atomic E-state index is 2.50. The van der Waals surface area contributed by atoms with Crippen LogP contribution in [0.25, 0.3) is 0 Å². The Balaban J connectivity index is 4.55. The average molecular weight is 198 g/mol. The van der Waals surface area contributed by atoms with E-state index in [1.54, 1.807) is 0 Å². The second kappa shape index (κ2) is 6.48. The van der Waals surface area contributed by atoms with E-state index in [-0.39, 0.29) is 0 Å². The molecule has 0 aliphatic heterocycles. The maximum Gasteiger partial charge on any atom is -0.0298 e. The summed E-state index contributed by atoms with van der Waals surface area (Å²) in [5, 5.41) is 0. The molecule has 0 rings (SSSR count). The topological polar surface area (TPSA) is 0 Å². The molecule has 0 radical (unpaired) electrons. The first-order valence-corrected chi connectivity index (χ1v) is 6.51. The van der Waals surface area contributed by atoms with Crippen LogP contribution in [0.4, 0.5) is 0 Å². The van der Waals surface area contributed by atoms with Gasteiger partial charge in [-0.1, -0.05) is 60.8 Å². The second-order valence-electron chi connectivity index (χ2n) is 5.40. The van der Waals surface area contributed by atoms with Crippen molar-refractivity contribution in [1.29, 1.82) is 0 Å². The van der Waals surface area contributed by atoms with Crippen LogP contribution in [-0.4, -0.2) is 0 Å². The van der Waals surface area contributed by atoms with Crippen molar-refractivity contribution in [2.75, 3.05) is 0 Å². The predicted molar refractivity (Wildman–Crippen MR) is 66.5 cm³/mol. The standard InChI is InChI=1S/C14H30/c1-7-10-13(12(4)5)14(6,9-3)11-8-2/h12-13H,7-11H2,1-6H3. The third kappa shape index (κ3) is 3.63. The lowest BCUT2D eigenvalue weighted by molar-refractivity contribution is 0.104. The Morgan fingerprint density at radius 2 is 1.57 bits per heavy atom. The fourth-order valence-electron chi connectivity index (χ4n) is 2.99. The van der Waals surface area contributed by atoms with Gasteiger partial charge in [0.1, 0.15) is 0 Å². The molecule has 0 aromatic carbocycles. The molecule has 0 N–H and O–H groups in total. The summed E-state index contributed by atoms with van der Waals surface area (Å²) >= 11 is 0. The largest absolute Gasteiger partial charge is 0.0654 e. The van der Waals surface area contributed by atoms with E-state index in [0.29, 0.717) is 5.41 Å². The second-order valence-corrected chi connectivity index (χ2v) is 5.40. The van der Waals surface area contributed by atoms with E-state index < -0.39 is 0 Å². The third-order valence-electron chi connectivity index (χ3n) is 3.93. The average Bonchev–Trinajstić information content (AvgIpc) is 2.14. The van der Waals surface area contributed by atoms with E-state index in [1.807, 2.05) is 0 Å². The summed E-state index contributed by atoms with van der Waals surface area (Å²) in [5.74, 6) is 1.75. The Morgan fingerprint density at radius 3 is 1.86 bits per heavy atom. The van der Waals surface area contributed by atoms with Gasteiger partial charge in [-0.15, -0.1) is 0 Å². The fraction of sp³-hybridized carbons (Fsp3) is 1.00. The Labute approximate surface area is 91.5 Å². The maximum atomic E-state index is 2.50. The molecule has 0 bridgehead atoms. The smallest absolute Gasteiger partial charge is 0.0298 e. The summed E-state index contributed by atoms with van der Waals surface area (Å²) in [6.07, 6.45) is 6.80. The molecule has 0 heterocycles. The first-order valence-electron chi connectivity index (χ1n) is 6.51. The molecular formula is C14H30. The molecule has 0 aliphatic rings. The SMILES string of the molecule is CCCC(C(C)C)C(C)(CC)CCC. The van der Waals surface area contributed by atoms with Crippen LogP contribution in [0.15, 0.2) is 0 Å². The Morgan fingerprint density at radius 1 is 1.00 bits per heavy atom. The highest BCUT2D eigenvalue weighted by Crippen LogP contribution is 2.42. The fourth-order valence-corrected chi connectivity index (χ4v) is 2.99. The van der Waals surface area contributed by atoms with Gasteiger partial charge in [0.25, 0.3) is 0 Å². The third-order valence-corrected chi connectivity index (χ3v) is 3.93. The minimum Gasteiger partial charge on any atom is -0.0654 e. The van der Waals surface area contributed by atoms with Crippen molar-refractivity contribution in [2.24, 2.45) is 17.3 Å². The first-order chi connectivity index (χ1) is 6.51. The highest BCUT2D eigenvalue weighted by Gasteiger charge is 2.32. The van der Waals surface area contributed by atoms with Crippen LogP contribution >= 0.6 is 0 Å². The number of hydrogen-bond donors (Lipinski definition) is 0. The summed E-state index contributed by atoms with van der Waals surface area (Å²) < 4.78 is 0. The highest BCUT2D eigenvalue weighted by atomic mass is 14.4. The van der Waals surface area contributed by atoms with Crippen molar-refractivity contribution < 1.29 is 0 Å². The van der Waals surface area contributed by atoms with E-state index in [2.05, 4.69) is 41.5 Å². The van der Waals surface area contributed by atoms with E-state index >= 15 is 0 Å². The molecule has 0 aromatic heterocycles.